The van der Waals surface area contributed by atoms with Crippen molar-refractivity contribution in [3.8, 4) is 0 Å². The first-order chi connectivity index (χ1) is 10.3. The third-order valence-corrected chi connectivity index (χ3v) is 4.09. The molecule has 0 N–H and O–H groups in total. The molecule has 2 aromatic heterocycles. The zero-order chi connectivity index (χ0) is 14.2. The van der Waals surface area contributed by atoms with Crippen LogP contribution in [-0.2, 0) is 0 Å². The SMILES string of the molecule is Cc1cc(N2CCCC2c2ccccc2)n2ncnc2n1. The fourth-order valence-electron chi connectivity index (χ4n) is 3.18. The number of hydrogen-bond donors (Lipinski definition) is 0. The molecule has 1 saturated heterocycles. The van der Waals surface area contributed by atoms with Crippen LogP contribution in [0.2, 0.25) is 0 Å². The lowest BCUT2D eigenvalue weighted by molar-refractivity contribution is 0.697. The van der Waals surface area contributed by atoms with Crippen molar-refractivity contribution in [2.75, 3.05) is 11.4 Å². The van der Waals surface area contributed by atoms with Crippen LogP contribution in [0.4, 0.5) is 5.82 Å². The Morgan fingerprint density at radius 3 is 2.90 bits per heavy atom. The van der Waals surface area contributed by atoms with Crippen molar-refractivity contribution in [1.82, 2.24) is 19.6 Å². The van der Waals surface area contributed by atoms with Crippen molar-refractivity contribution in [2.45, 2.75) is 25.8 Å². The minimum absolute atomic E-state index is 0.403. The van der Waals surface area contributed by atoms with Crippen molar-refractivity contribution >= 4 is 11.6 Å². The number of hydrogen-bond acceptors (Lipinski definition) is 4. The van der Waals surface area contributed by atoms with E-state index in [0.29, 0.717) is 11.8 Å². The predicted molar refractivity (Wildman–Crippen MR) is 81.3 cm³/mol. The lowest BCUT2D eigenvalue weighted by Crippen LogP contribution is -2.25. The molecule has 0 radical (unpaired) electrons. The number of fused-ring (bicyclic) bond motifs is 1. The first kappa shape index (κ1) is 12.3. The van der Waals surface area contributed by atoms with Crippen LogP contribution < -0.4 is 4.90 Å². The first-order valence-electron chi connectivity index (χ1n) is 7.32. The summed E-state index contributed by atoms with van der Waals surface area (Å²) in [5, 5.41) is 4.33. The summed E-state index contributed by atoms with van der Waals surface area (Å²) < 4.78 is 1.84. The zero-order valence-corrected chi connectivity index (χ0v) is 12.0. The molecule has 0 amide bonds. The van der Waals surface area contributed by atoms with Crippen LogP contribution in [0.15, 0.2) is 42.7 Å². The Kier molecular flexibility index (Phi) is 2.84. The van der Waals surface area contributed by atoms with E-state index in [1.54, 1.807) is 6.33 Å². The maximum atomic E-state index is 4.43. The minimum Gasteiger partial charge on any atom is -0.349 e. The van der Waals surface area contributed by atoms with E-state index >= 15 is 0 Å². The van der Waals surface area contributed by atoms with E-state index in [9.17, 15) is 0 Å². The van der Waals surface area contributed by atoms with E-state index in [4.69, 9.17) is 0 Å². The van der Waals surface area contributed by atoms with Crippen LogP contribution >= 0.6 is 0 Å². The molecule has 0 spiro atoms. The Morgan fingerprint density at radius 1 is 1.19 bits per heavy atom. The topological polar surface area (TPSA) is 46.3 Å². The average Bonchev–Trinajstić information content (AvgIpc) is 3.16. The summed E-state index contributed by atoms with van der Waals surface area (Å²) in [6, 6.07) is 13.2. The Morgan fingerprint density at radius 2 is 2.05 bits per heavy atom. The van der Waals surface area contributed by atoms with Gasteiger partial charge in [0.2, 0.25) is 0 Å². The van der Waals surface area contributed by atoms with Gasteiger partial charge < -0.3 is 4.90 Å². The Balaban J connectivity index is 1.82. The largest absolute Gasteiger partial charge is 0.349 e. The second kappa shape index (κ2) is 4.84. The predicted octanol–water partition coefficient (Wildman–Crippen LogP) is 2.77. The summed E-state index contributed by atoms with van der Waals surface area (Å²) in [4.78, 5) is 11.1. The second-order valence-electron chi connectivity index (χ2n) is 5.49. The molecule has 21 heavy (non-hydrogen) atoms. The number of aromatic nitrogens is 4. The monoisotopic (exact) mass is 279 g/mol. The molecule has 5 heteroatoms. The average molecular weight is 279 g/mol. The van der Waals surface area contributed by atoms with Crippen LogP contribution in [0.3, 0.4) is 0 Å². The van der Waals surface area contributed by atoms with E-state index < -0.39 is 0 Å². The van der Waals surface area contributed by atoms with Crippen molar-refractivity contribution in [3.63, 3.8) is 0 Å². The molecule has 1 atom stereocenters. The Hall–Kier alpha value is -2.43. The molecule has 0 saturated carbocycles. The number of nitrogens with zero attached hydrogens (tertiary/aromatic N) is 5. The Labute approximate surface area is 123 Å². The van der Waals surface area contributed by atoms with Crippen molar-refractivity contribution in [2.24, 2.45) is 0 Å². The van der Waals surface area contributed by atoms with Crippen molar-refractivity contribution < 1.29 is 0 Å². The zero-order valence-electron chi connectivity index (χ0n) is 12.0. The molecule has 3 aromatic rings. The van der Waals surface area contributed by atoms with E-state index in [2.05, 4.69) is 56.4 Å². The molecule has 3 heterocycles. The molecule has 0 aliphatic carbocycles. The third-order valence-electron chi connectivity index (χ3n) is 4.09. The summed E-state index contributed by atoms with van der Waals surface area (Å²) in [5.74, 6) is 1.75. The standard InChI is InChI=1S/C16H17N5/c1-12-10-15(21-16(19-12)17-11-18-21)20-9-5-8-14(20)13-6-3-2-4-7-13/h2-4,6-7,10-11,14H,5,8-9H2,1H3. The van der Waals surface area contributed by atoms with Crippen LogP contribution in [0.1, 0.15) is 30.1 Å². The van der Waals surface area contributed by atoms with Gasteiger partial charge >= 0.3 is 0 Å². The molecule has 1 aromatic carbocycles. The quantitative estimate of drug-likeness (QED) is 0.723. The molecule has 1 aliphatic heterocycles. The van der Waals surface area contributed by atoms with E-state index in [1.165, 1.54) is 18.4 Å². The molecule has 4 rings (SSSR count). The van der Waals surface area contributed by atoms with Gasteiger partial charge in [-0.15, -0.1) is 0 Å². The summed E-state index contributed by atoms with van der Waals surface area (Å²) >= 11 is 0. The van der Waals surface area contributed by atoms with Gasteiger partial charge in [0.1, 0.15) is 12.1 Å². The van der Waals surface area contributed by atoms with Gasteiger partial charge in [0.05, 0.1) is 6.04 Å². The van der Waals surface area contributed by atoms with Crippen LogP contribution in [-0.4, -0.2) is 26.1 Å². The van der Waals surface area contributed by atoms with E-state index in [0.717, 1.165) is 18.1 Å². The maximum absolute atomic E-state index is 4.43. The normalized spacial score (nSPS) is 18.5. The van der Waals surface area contributed by atoms with Gasteiger partial charge in [0.25, 0.3) is 5.78 Å². The smallest absolute Gasteiger partial charge is 0.254 e. The molecule has 1 aliphatic rings. The molecule has 106 valence electrons. The minimum atomic E-state index is 0.403. The molecule has 1 fully saturated rings. The molecule has 5 nitrogen and oxygen atoms in total. The fourth-order valence-corrected chi connectivity index (χ4v) is 3.18. The van der Waals surface area contributed by atoms with Crippen LogP contribution in [0, 0.1) is 6.92 Å². The summed E-state index contributed by atoms with van der Waals surface area (Å²) in [6.07, 6.45) is 3.93. The second-order valence-corrected chi connectivity index (χ2v) is 5.49. The van der Waals surface area contributed by atoms with Gasteiger partial charge in [-0.25, -0.2) is 4.98 Å². The number of rotatable bonds is 2. The lowest BCUT2D eigenvalue weighted by Gasteiger charge is -2.27. The van der Waals surface area contributed by atoms with Gasteiger partial charge in [0.15, 0.2) is 0 Å². The van der Waals surface area contributed by atoms with Crippen LogP contribution in [0.25, 0.3) is 5.78 Å². The van der Waals surface area contributed by atoms with E-state index in [1.807, 2.05) is 11.4 Å². The lowest BCUT2D eigenvalue weighted by atomic mass is 10.0. The molecular weight excluding hydrogens is 262 g/mol. The Bertz CT molecular complexity index is 765. The van der Waals surface area contributed by atoms with Crippen LogP contribution in [0.5, 0.6) is 0 Å². The summed E-state index contributed by atoms with van der Waals surface area (Å²) in [5.41, 5.74) is 2.34. The summed E-state index contributed by atoms with van der Waals surface area (Å²) in [7, 11) is 0. The third kappa shape index (κ3) is 2.05. The fraction of sp³-hybridized carbons (Fsp3) is 0.312. The van der Waals surface area contributed by atoms with E-state index in [-0.39, 0.29) is 0 Å². The number of benzene rings is 1. The van der Waals surface area contributed by atoms with Gasteiger partial charge in [-0.2, -0.15) is 14.6 Å². The molecule has 1 unspecified atom stereocenters. The van der Waals surface area contributed by atoms with Gasteiger partial charge in [-0.05, 0) is 25.3 Å². The summed E-state index contributed by atoms with van der Waals surface area (Å²) in [6.45, 7) is 3.05. The van der Waals surface area contributed by atoms with Gasteiger partial charge in [-0.3, -0.25) is 0 Å². The highest BCUT2D eigenvalue weighted by atomic mass is 15.4. The van der Waals surface area contributed by atoms with Gasteiger partial charge in [0, 0.05) is 18.3 Å². The maximum Gasteiger partial charge on any atom is 0.254 e. The van der Waals surface area contributed by atoms with Gasteiger partial charge in [-0.1, -0.05) is 30.3 Å². The highest BCUT2D eigenvalue weighted by Crippen LogP contribution is 2.35. The van der Waals surface area contributed by atoms with Crippen molar-refractivity contribution in [3.05, 3.63) is 54.0 Å². The number of aryl methyl sites for hydroxylation is 1. The highest BCUT2D eigenvalue weighted by Gasteiger charge is 2.28. The highest BCUT2D eigenvalue weighted by molar-refractivity contribution is 5.50. The number of anilines is 1. The first-order valence-corrected chi connectivity index (χ1v) is 7.32. The molecular formula is C16H17N5. The molecule has 0 bridgehead atoms. The van der Waals surface area contributed by atoms with Crippen molar-refractivity contribution in [1.29, 1.82) is 0 Å².